The normalized spacial score (nSPS) is 10.9. The van der Waals surface area contributed by atoms with Gasteiger partial charge in [0, 0.05) is 22.1 Å². The average molecular weight is 332 g/mol. The lowest BCUT2D eigenvalue weighted by Crippen LogP contribution is -2.18. The van der Waals surface area contributed by atoms with E-state index in [-0.39, 0.29) is 0 Å². The van der Waals surface area contributed by atoms with Crippen molar-refractivity contribution in [1.29, 1.82) is 0 Å². The molecule has 0 saturated heterocycles. The molecule has 0 amide bonds. The number of hydrogen-bond acceptors (Lipinski definition) is 2. The Hall–Kier alpha value is -2.85. The fraction of sp³-hybridized carbons (Fsp3) is 0.0500. The number of nitrogens with one attached hydrogen (secondary N) is 2. The number of hydrogen-bond donors (Lipinski definition) is 2. The van der Waals surface area contributed by atoms with Crippen molar-refractivity contribution in [3.8, 4) is 0 Å². The maximum atomic E-state index is 5.84. The molecule has 0 aliphatic rings. The van der Waals surface area contributed by atoms with Crippen LogP contribution in [-0.4, -0.2) is 5.11 Å². The molecule has 0 atom stereocenters. The van der Waals surface area contributed by atoms with Crippen LogP contribution in [0.3, 0.4) is 0 Å². The van der Waals surface area contributed by atoms with Crippen molar-refractivity contribution in [1.82, 2.24) is 0 Å². The van der Waals surface area contributed by atoms with Crippen LogP contribution in [0.4, 0.5) is 11.4 Å². The van der Waals surface area contributed by atoms with Gasteiger partial charge >= 0.3 is 0 Å². The Labute approximate surface area is 145 Å². The van der Waals surface area contributed by atoms with E-state index in [1.807, 2.05) is 42.5 Å². The summed E-state index contributed by atoms with van der Waals surface area (Å²) in [6.45, 7) is 2.06. The van der Waals surface area contributed by atoms with E-state index in [0.29, 0.717) is 5.11 Å². The SMILES string of the molecule is Cc1cccc(NC(=S)Nc2ccc3oc4ccccc4c3c2)c1. The Morgan fingerprint density at radius 3 is 2.38 bits per heavy atom. The molecule has 0 saturated carbocycles. The molecule has 24 heavy (non-hydrogen) atoms. The quantitative estimate of drug-likeness (QED) is 0.461. The first-order chi connectivity index (χ1) is 11.7. The molecule has 0 spiro atoms. The molecule has 3 nitrogen and oxygen atoms in total. The minimum absolute atomic E-state index is 0.563. The minimum atomic E-state index is 0.563. The number of furan rings is 1. The molecule has 0 radical (unpaired) electrons. The lowest BCUT2D eigenvalue weighted by Gasteiger charge is -2.11. The molecule has 4 heteroatoms. The maximum Gasteiger partial charge on any atom is 0.175 e. The second kappa shape index (κ2) is 5.98. The molecule has 4 rings (SSSR count). The van der Waals surface area contributed by atoms with Gasteiger partial charge in [-0.1, -0.05) is 30.3 Å². The van der Waals surface area contributed by atoms with Gasteiger partial charge < -0.3 is 15.1 Å². The lowest BCUT2D eigenvalue weighted by molar-refractivity contribution is 0.669. The van der Waals surface area contributed by atoms with Crippen LogP contribution < -0.4 is 10.6 Å². The third kappa shape index (κ3) is 2.84. The topological polar surface area (TPSA) is 37.2 Å². The molecule has 0 aliphatic carbocycles. The fourth-order valence-electron chi connectivity index (χ4n) is 2.82. The molecule has 1 aromatic heterocycles. The van der Waals surface area contributed by atoms with Gasteiger partial charge in [-0.3, -0.25) is 0 Å². The fourth-order valence-corrected chi connectivity index (χ4v) is 3.06. The molecule has 3 aromatic carbocycles. The number of aryl methyl sites for hydroxylation is 1. The van der Waals surface area contributed by atoms with Gasteiger partial charge in [-0.15, -0.1) is 0 Å². The largest absolute Gasteiger partial charge is 0.456 e. The highest BCUT2D eigenvalue weighted by Crippen LogP contribution is 2.30. The van der Waals surface area contributed by atoms with Crippen LogP contribution in [0, 0.1) is 6.92 Å². The predicted molar refractivity (Wildman–Crippen MR) is 105 cm³/mol. The van der Waals surface area contributed by atoms with Crippen molar-refractivity contribution >= 4 is 50.6 Å². The van der Waals surface area contributed by atoms with Crippen molar-refractivity contribution in [3.63, 3.8) is 0 Å². The maximum absolute atomic E-state index is 5.84. The molecule has 4 aromatic rings. The molecule has 118 valence electrons. The average Bonchev–Trinajstić information content (AvgIpc) is 2.93. The van der Waals surface area contributed by atoms with E-state index in [0.717, 1.165) is 33.3 Å². The predicted octanol–water partition coefficient (Wildman–Crippen LogP) is 5.70. The highest BCUT2D eigenvalue weighted by Gasteiger charge is 2.07. The van der Waals surface area contributed by atoms with Crippen LogP contribution in [0.2, 0.25) is 0 Å². The zero-order chi connectivity index (χ0) is 16.5. The minimum Gasteiger partial charge on any atom is -0.456 e. The molecular weight excluding hydrogens is 316 g/mol. The highest BCUT2D eigenvalue weighted by atomic mass is 32.1. The summed E-state index contributed by atoms with van der Waals surface area (Å²) in [7, 11) is 0. The number of para-hydroxylation sites is 1. The van der Waals surface area contributed by atoms with E-state index in [1.54, 1.807) is 0 Å². The van der Waals surface area contributed by atoms with Gasteiger partial charge in [0.25, 0.3) is 0 Å². The Kier molecular flexibility index (Phi) is 3.67. The summed E-state index contributed by atoms with van der Waals surface area (Å²) < 4.78 is 5.84. The van der Waals surface area contributed by atoms with Crippen molar-refractivity contribution in [2.75, 3.05) is 10.6 Å². The van der Waals surface area contributed by atoms with E-state index in [2.05, 4.69) is 41.8 Å². The Balaban J connectivity index is 1.60. The van der Waals surface area contributed by atoms with Crippen LogP contribution in [0.15, 0.2) is 71.1 Å². The Bertz CT molecular complexity index is 1050. The van der Waals surface area contributed by atoms with Gasteiger partial charge in [-0.2, -0.15) is 0 Å². The number of rotatable bonds is 2. The van der Waals surface area contributed by atoms with E-state index in [4.69, 9.17) is 16.6 Å². The molecule has 1 heterocycles. The summed E-state index contributed by atoms with van der Waals surface area (Å²) in [5.74, 6) is 0. The van der Waals surface area contributed by atoms with Crippen molar-refractivity contribution in [3.05, 3.63) is 72.3 Å². The Morgan fingerprint density at radius 2 is 1.54 bits per heavy atom. The smallest absolute Gasteiger partial charge is 0.175 e. The van der Waals surface area contributed by atoms with Gasteiger partial charge in [0.1, 0.15) is 11.2 Å². The number of thiocarbonyl (C=S) groups is 1. The number of benzene rings is 3. The van der Waals surface area contributed by atoms with Crippen LogP contribution in [-0.2, 0) is 0 Å². The first-order valence-corrected chi connectivity index (χ1v) is 8.16. The summed E-state index contributed by atoms with van der Waals surface area (Å²) in [5.41, 5.74) is 4.86. The van der Waals surface area contributed by atoms with E-state index in [9.17, 15) is 0 Å². The first-order valence-electron chi connectivity index (χ1n) is 7.75. The van der Waals surface area contributed by atoms with E-state index < -0.39 is 0 Å². The number of anilines is 2. The Morgan fingerprint density at radius 1 is 0.792 bits per heavy atom. The van der Waals surface area contributed by atoms with Crippen molar-refractivity contribution < 1.29 is 4.42 Å². The third-order valence-corrected chi connectivity index (χ3v) is 4.11. The third-order valence-electron chi connectivity index (χ3n) is 3.91. The first kappa shape index (κ1) is 14.7. The summed E-state index contributed by atoms with van der Waals surface area (Å²) in [6.07, 6.45) is 0. The van der Waals surface area contributed by atoms with Gasteiger partial charge in [-0.05, 0) is 61.1 Å². The van der Waals surface area contributed by atoms with Gasteiger partial charge in [0.15, 0.2) is 5.11 Å². The molecule has 2 N–H and O–H groups in total. The van der Waals surface area contributed by atoms with Gasteiger partial charge in [-0.25, -0.2) is 0 Å². The molecule has 0 bridgehead atoms. The van der Waals surface area contributed by atoms with E-state index >= 15 is 0 Å². The highest BCUT2D eigenvalue weighted by molar-refractivity contribution is 7.80. The lowest BCUT2D eigenvalue weighted by atomic mass is 10.1. The molecule has 0 unspecified atom stereocenters. The zero-order valence-corrected chi connectivity index (χ0v) is 14.0. The molecule has 0 fully saturated rings. The number of fused-ring (bicyclic) bond motifs is 3. The van der Waals surface area contributed by atoms with Crippen molar-refractivity contribution in [2.24, 2.45) is 0 Å². The van der Waals surface area contributed by atoms with Crippen LogP contribution in [0.5, 0.6) is 0 Å². The van der Waals surface area contributed by atoms with E-state index in [1.165, 1.54) is 5.56 Å². The monoisotopic (exact) mass is 332 g/mol. The van der Waals surface area contributed by atoms with Crippen LogP contribution >= 0.6 is 12.2 Å². The van der Waals surface area contributed by atoms with Gasteiger partial charge in [0.05, 0.1) is 0 Å². The molecule has 0 aliphatic heterocycles. The second-order valence-corrected chi connectivity index (χ2v) is 6.17. The van der Waals surface area contributed by atoms with Crippen LogP contribution in [0.1, 0.15) is 5.56 Å². The molecular formula is C20H16N2OS. The summed E-state index contributed by atoms with van der Waals surface area (Å²) in [6, 6.07) is 22.1. The van der Waals surface area contributed by atoms with Gasteiger partial charge in [0.2, 0.25) is 0 Å². The standard InChI is InChI=1S/C20H16N2OS/c1-13-5-4-6-14(11-13)21-20(24)22-15-9-10-19-17(12-15)16-7-2-3-8-18(16)23-19/h2-12H,1H3,(H2,21,22,24). The summed E-state index contributed by atoms with van der Waals surface area (Å²) in [4.78, 5) is 0. The van der Waals surface area contributed by atoms with Crippen LogP contribution in [0.25, 0.3) is 21.9 Å². The van der Waals surface area contributed by atoms with Crippen molar-refractivity contribution in [2.45, 2.75) is 6.92 Å². The zero-order valence-electron chi connectivity index (χ0n) is 13.2. The summed E-state index contributed by atoms with van der Waals surface area (Å²) >= 11 is 5.41. The second-order valence-electron chi connectivity index (χ2n) is 5.76. The summed E-state index contributed by atoms with van der Waals surface area (Å²) in [5, 5.41) is 9.19.